The van der Waals surface area contributed by atoms with Gasteiger partial charge in [-0.1, -0.05) is 0 Å². The zero-order valence-electron chi connectivity index (χ0n) is 67.7. The number of hydrogen-bond donors (Lipinski definition) is 31. The quantitative estimate of drug-likeness (QED) is 0.0297. The highest BCUT2D eigenvalue weighted by Crippen LogP contribution is 2.41. The van der Waals surface area contributed by atoms with Gasteiger partial charge in [-0.3, -0.25) is 24.0 Å². The van der Waals surface area contributed by atoms with Gasteiger partial charge in [-0.2, -0.15) is 0 Å². The molecule has 10 saturated heterocycles. The van der Waals surface area contributed by atoms with Crippen LogP contribution in [0.1, 0.15) is 41.5 Å². The smallest absolute Gasteiger partial charge is 0.217 e. The molecule has 0 aromatic carbocycles. The summed E-state index contributed by atoms with van der Waals surface area (Å²) in [7, 11) is 0. The highest BCUT2D eigenvalue weighted by Gasteiger charge is 2.62. The van der Waals surface area contributed by atoms with Crippen LogP contribution in [0.25, 0.3) is 0 Å². The van der Waals surface area contributed by atoms with E-state index in [0.29, 0.717) is 0 Å². The average molecular weight is 1830 g/mol. The predicted molar refractivity (Wildman–Crippen MR) is 386 cm³/mol. The van der Waals surface area contributed by atoms with Crippen LogP contribution in [0.15, 0.2) is 0 Å². The summed E-state index contributed by atoms with van der Waals surface area (Å²) in [6, 6.07) is -9.77. The van der Waals surface area contributed by atoms with Crippen LogP contribution in [-0.4, -0.2) is 529 Å². The van der Waals surface area contributed by atoms with Crippen molar-refractivity contribution in [3.05, 3.63) is 0 Å². The van der Waals surface area contributed by atoms with Gasteiger partial charge in [0, 0.05) is 34.6 Å². The number of ether oxygens (including phenoxy) is 19. The number of carbonyl (C=O) groups is 5. The second-order valence-electron chi connectivity index (χ2n) is 31.7. The third-order valence-electron chi connectivity index (χ3n) is 22.8. The van der Waals surface area contributed by atoms with Gasteiger partial charge in [0.05, 0.1) is 65.6 Å². The van der Waals surface area contributed by atoms with Gasteiger partial charge in [-0.05, 0) is 6.92 Å². The molecular weight excluding hydrogens is 1710 g/mol. The molecule has 50 atom stereocenters. The van der Waals surface area contributed by atoms with Gasteiger partial charge in [-0.15, -0.1) is 0 Å². The van der Waals surface area contributed by atoms with Crippen molar-refractivity contribution in [2.24, 2.45) is 0 Å². The Bertz CT molecular complexity index is 3420. The molecule has 50 unspecified atom stereocenters. The molecule has 0 spiro atoms. The lowest BCUT2D eigenvalue weighted by atomic mass is 9.93. The molecule has 10 fully saturated rings. The minimum absolute atomic E-state index is 0.863. The van der Waals surface area contributed by atoms with Crippen molar-refractivity contribution in [3.63, 3.8) is 0 Å². The molecule has 55 nitrogen and oxygen atoms in total. The predicted octanol–water partition coefficient (Wildman–Crippen LogP) is -21.1. The lowest BCUT2D eigenvalue weighted by molar-refractivity contribution is -0.407. The average Bonchev–Trinajstić information content (AvgIpc) is 0.760. The number of amides is 5. The van der Waals surface area contributed by atoms with Gasteiger partial charge in [-0.25, -0.2) is 0 Å². The lowest BCUT2D eigenvalue weighted by Gasteiger charge is -2.52. The summed E-state index contributed by atoms with van der Waals surface area (Å²) < 4.78 is 116. The second kappa shape index (κ2) is 44.9. The molecule has 10 heterocycles. The van der Waals surface area contributed by atoms with Gasteiger partial charge >= 0.3 is 0 Å². The minimum Gasteiger partial charge on any atom is -0.394 e. The van der Waals surface area contributed by atoms with E-state index in [9.17, 15) is 157 Å². The van der Waals surface area contributed by atoms with E-state index in [1.54, 1.807) is 0 Å². The molecule has 55 heteroatoms. The van der Waals surface area contributed by atoms with E-state index in [-0.39, 0.29) is 0 Å². The van der Waals surface area contributed by atoms with E-state index in [1.807, 2.05) is 0 Å². The number of aliphatic hydroxyl groups is 26. The summed E-state index contributed by atoms with van der Waals surface area (Å²) in [4.78, 5) is 65.0. The van der Waals surface area contributed by atoms with Gasteiger partial charge < -0.3 is 249 Å². The second-order valence-corrected chi connectivity index (χ2v) is 31.7. The van der Waals surface area contributed by atoms with Crippen molar-refractivity contribution in [2.45, 2.75) is 348 Å². The van der Waals surface area contributed by atoms with Gasteiger partial charge in [0.2, 0.25) is 29.5 Å². The molecule has 31 N–H and O–H groups in total. The van der Waals surface area contributed by atoms with Crippen LogP contribution in [0.3, 0.4) is 0 Å². The van der Waals surface area contributed by atoms with E-state index in [1.165, 1.54) is 6.92 Å². The van der Waals surface area contributed by atoms with Gasteiger partial charge in [0.25, 0.3) is 0 Å². The van der Waals surface area contributed by atoms with E-state index >= 15 is 0 Å². The first-order valence-corrected chi connectivity index (χ1v) is 40.0. The molecule has 0 aromatic heterocycles. The first-order valence-electron chi connectivity index (χ1n) is 40.0. The Morgan fingerprint density at radius 3 is 0.904 bits per heavy atom. The normalized spacial score (nSPS) is 48.7. The van der Waals surface area contributed by atoms with Crippen molar-refractivity contribution in [2.75, 3.05) is 59.5 Å². The Morgan fingerprint density at radius 2 is 0.488 bits per heavy atom. The van der Waals surface area contributed by atoms with Crippen molar-refractivity contribution >= 4 is 29.5 Å². The van der Waals surface area contributed by atoms with Crippen LogP contribution in [0.4, 0.5) is 0 Å². The van der Waals surface area contributed by atoms with Crippen molar-refractivity contribution in [3.8, 4) is 0 Å². The summed E-state index contributed by atoms with van der Waals surface area (Å²) in [5, 5.41) is 305. The number of aliphatic hydroxyl groups excluding tert-OH is 26. The fraction of sp³-hybridized carbons (Fsp3) is 0.929. The Labute approximate surface area is 708 Å². The standard InChI is InChI=1S/C70H117N5O50/c1-16-36(88)47(99)51(103)66(109-16)107-14-29-56(44(96)31(61(106)110-29)71-17(2)83)119-64-34(74-20(5)86)45(97)55(28(13-82)116-64)121-68-53(105)58(123-70-60(50(102)41(93)26(11-80)115-70)125-63-33(73-19(4)85)43(95)38(90)23(8-77)112-63)57(122-62-32(72-18(3)84)42(94)37(89)22(7-76)111-62)30(118-68)15-108-69-59(49(101)40(92)25(10-79)114-69)124-65-35(75-21(6)87)46(98)54(27(12-81)117-65)120-67-52(104)48(100)39(91)24(9-78)113-67/h16,22-70,76-82,88-106H,7-15H2,1-6H3,(H,71,83)(H,72,84)(H,73,85)(H,74,86)(H,75,87). The maximum atomic E-state index is 13.4. The third-order valence-corrected chi connectivity index (χ3v) is 22.8. The molecule has 0 saturated carbocycles. The van der Waals surface area contributed by atoms with Crippen LogP contribution < -0.4 is 26.6 Å². The summed E-state index contributed by atoms with van der Waals surface area (Å²) >= 11 is 0. The maximum Gasteiger partial charge on any atom is 0.217 e. The molecule has 0 radical (unpaired) electrons. The molecule has 0 aliphatic carbocycles. The molecule has 10 aliphatic rings. The first kappa shape index (κ1) is 103. The highest BCUT2D eigenvalue weighted by atomic mass is 16.8. The van der Waals surface area contributed by atoms with Crippen LogP contribution >= 0.6 is 0 Å². The molecule has 722 valence electrons. The van der Waals surface area contributed by atoms with Crippen molar-refractivity contribution in [1.29, 1.82) is 0 Å². The topological polar surface area (TPSA) is 847 Å². The number of nitrogens with one attached hydrogen (secondary N) is 5. The van der Waals surface area contributed by atoms with Gasteiger partial charge in [0.1, 0.15) is 238 Å². The fourth-order valence-electron chi connectivity index (χ4n) is 16.2. The lowest BCUT2D eigenvalue weighted by Crippen LogP contribution is -2.71. The van der Waals surface area contributed by atoms with Crippen LogP contribution in [0, 0.1) is 0 Å². The fourth-order valence-corrected chi connectivity index (χ4v) is 16.2. The summed E-state index contributed by atoms with van der Waals surface area (Å²) in [5.41, 5.74) is 0. The molecule has 0 bridgehead atoms. The number of hydrogen-bond acceptors (Lipinski definition) is 50. The Balaban J connectivity index is 1.07. The zero-order valence-corrected chi connectivity index (χ0v) is 67.7. The van der Waals surface area contributed by atoms with E-state index in [0.717, 1.165) is 34.6 Å². The maximum absolute atomic E-state index is 13.4. The Kier molecular flexibility index (Phi) is 36.8. The van der Waals surface area contributed by atoms with Crippen molar-refractivity contribution in [1.82, 2.24) is 26.6 Å². The highest BCUT2D eigenvalue weighted by molar-refractivity contribution is 5.75. The Morgan fingerprint density at radius 1 is 0.224 bits per heavy atom. The first-order chi connectivity index (χ1) is 59.1. The SMILES string of the molecule is CC(=O)NC1C(O)OC(COC2OC(C)C(O)C(O)C2O)C(OC2OC(CO)C(OC3OC(COC4OC(CO)C(O)C(O)C4OC4OC(CO)C(OC5OC(CO)C(O)C(O)C5O)C(O)C4NC(C)=O)C(OC4OC(CO)C(O)C(O)C4NC(C)=O)C(OC4OC(CO)C(O)C(O)C4OC4OC(CO)C(O)C(O)C4NC(C)=O)C3O)C(O)C2NC(C)=O)C1O. The van der Waals surface area contributed by atoms with E-state index in [4.69, 9.17) is 90.0 Å². The zero-order chi connectivity index (χ0) is 92.1. The van der Waals surface area contributed by atoms with Crippen LogP contribution in [0.5, 0.6) is 0 Å². The summed E-state index contributed by atoms with van der Waals surface area (Å²) in [5.74, 6) is -4.79. The van der Waals surface area contributed by atoms with Crippen LogP contribution in [-0.2, 0) is 114 Å². The number of rotatable bonds is 32. The largest absolute Gasteiger partial charge is 0.394 e. The van der Waals surface area contributed by atoms with E-state index in [2.05, 4.69) is 26.6 Å². The monoisotopic (exact) mass is 1830 g/mol. The summed E-state index contributed by atoms with van der Waals surface area (Å²) in [6.45, 7) is -4.42. The molecule has 125 heavy (non-hydrogen) atoms. The molecule has 0 aromatic rings. The van der Waals surface area contributed by atoms with E-state index < -0.39 is 396 Å². The minimum atomic E-state index is -2.75. The molecular formula is C70H117N5O50. The van der Waals surface area contributed by atoms with Crippen LogP contribution in [0.2, 0.25) is 0 Å². The number of carbonyl (C=O) groups excluding carboxylic acids is 5. The Hall–Kier alpha value is -4.45. The summed E-state index contributed by atoms with van der Waals surface area (Å²) in [6.07, 6.45) is -95.8. The third kappa shape index (κ3) is 23.1. The molecule has 5 amide bonds. The molecule has 10 rings (SSSR count). The molecule has 10 aliphatic heterocycles. The van der Waals surface area contributed by atoms with Gasteiger partial charge in [0.15, 0.2) is 62.9 Å². The van der Waals surface area contributed by atoms with Crippen molar-refractivity contribution < 1.29 is 247 Å².